The van der Waals surface area contributed by atoms with Crippen LogP contribution in [0.3, 0.4) is 0 Å². The number of carbonyl (C=O) groups is 1. The Morgan fingerprint density at radius 2 is 0.676 bits per heavy atom. The Bertz CT molecular complexity index is 2220. The van der Waals surface area contributed by atoms with E-state index in [0.717, 1.165) is 96.3 Å². The Morgan fingerprint density at radius 1 is 0.363 bits per heavy atom. The standard InChI is InChI=1S/C83H145NO18/c1-3-5-7-9-11-13-15-17-19-21-23-25-26-27-28-29-30-31-32-33-34-35-36-37-38-39-40-41-43-45-47-49-51-53-55-57-59-61-71(89)84-66(67(88)60-58-56-54-52-50-48-46-44-42-24-22-20-18-16-14-12-10-8-6-4-2)65-97-81-77(95)74(92)79(69(63-86)99-81)102-83-78(96)75(93)80(70(64-87)100-83)101-82-76(94)73(91)72(90)68(62-85)98-82/h5,7,11,13,17,19,23,25,27-28,30-31,33-34,58,60,66-70,72-83,85-88,90-96H,3-4,6,8-10,12,14-16,18,20-22,24,26,29,32,35-57,59,61-65H2,1-2H3,(H,84,89)/b7-5-,13-11-,19-17-,25-23-,28-27-,31-30-,34-33-,60-58+. The highest BCUT2D eigenvalue weighted by Crippen LogP contribution is 2.33. The summed E-state index contributed by atoms with van der Waals surface area (Å²) in [5.41, 5.74) is 0. The van der Waals surface area contributed by atoms with Gasteiger partial charge in [-0.1, -0.05) is 304 Å². The topological polar surface area (TPSA) is 307 Å². The predicted octanol–water partition coefficient (Wildman–Crippen LogP) is 13.6. The van der Waals surface area contributed by atoms with E-state index in [1.54, 1.807) is 6.08 Å². The highest BCUT2D eigenvalue weighted by molar-refractivity contribution is 5.76. The number of unbranched alkanes of at least 4 members (excludes halogenated alkanes) is 33. The maximum Gasteiger partial charge on any atom is 0.220 e. The van der Waals surface area contributed by atoms with E-state index in [0.29, 0.717) is 6.42 Å². The summed E-state index contributed by atoms with van der Waals surface area (Å²) in [4.78, 5) is 13.5. The molecular formula is C83H145NO18. The third kappa shape index (κ3) is 42.3. The Labute approximate surface area is 615 Å². The van der Waals surface area contributed by atoms with Gasteiger partial charge in [0.2, 0.25) is 5.91 Å². The van der Waals surface area contributed by atoms with Crippen LogP contribution < -0.4 is 5.32 Å². The maximum atomic E-state index is 13.5. The first-order chi connectivity index (χ1) is 49.8. The van der Waals surface area contributed by atoms with Crippen LogP contribution >= 0.6 is 0 Å². The fourth-order valence-electron chi connectivity index (χ4n) is 13.2. The normalized spacial score (nSPS) is 26.7. The fourth-order valence-corrected chi connectivity index (χ4v) is 13.2. The molecule has 3 fully saturated rings. The van der Waals surface area contributed by atoms with Gasteiger partial charge in [0.05, 0.1) is 38.6 Å². The quantitative estimate of drug-likeness (QED) is 0.0199. The Balaban J connectivity index is 1.34. The van der Waals surface area contributed by atoms with Gasteiger partial charge in [0.25, 0.3) is 0 Å². The second-order valence-corrected chi connectivity index (χ2v) is 28.5. The van der Waals surface area contributed by atoms with Crippen molar-refractivity contribution in [3.05, 3.63) is 97.2 Å². The molecule has 0 aromatic heterocycles. The summed E-state index contributed by atoms with van der Waals surface area (Å²) in [6.45, 7) is 1.64. The number of hydrogen-bond donors (Lipinski definition) is 12. The van der Waals surface area contributed by atoms with Crippen molar-refractivity contribution < 1.29 is 89.4 Å². The molecule has 3 aliphatic heterocycles. The van der Waals surface area contributed by atoms with Crippen LogP contribution in [0.5, 0.6) is 0 Å². The lowest BCUT2D eigenvalue weighted by Crippen LogP contribution is -2.66. The van der Waals surface area contributed by atoms with Crippen molar-refractivity contribution in [2.45, 2.75) is 394 Å². The average molecular weight is 1450 g/mol. The molecule has 0 aliphatic carbocycles. The van der Waals surface area contributed by atoms with Crippen molar-refractivity contribution in [2.75, 3.05) is 26.4 Å². The van der Waals surface area contributed by atoms with Gasteiger partial charge in [-0.25, -0.2) is 0 Å². The SMILES string of the molecule is CC/C=C\C/C=C\C/C=C\C/C=C\C/C=C\C/C=C\C/C=C\CCCCCCCCCCCCCCCCCC(=O)NC(COC1OC(CO)C(OC2OC(CO)C(OC3OC(CO)C(O)C(O)C3O)C(O)C2O)C(O)C1O)C(O)/C=C/CCCCCCCCCCCCCCCCCCCC. The maximum absolute atomic E-state index is 13.5. The molecule has 0 radical (unpaired) electrons. The molecule has 12 N–H and O–H groups in total. The molecule has 19 heteroatoms. The first kappa shape index (κ1) is 92.9. The average Bonchev–Trinajstić information content (AvgIpc) is 0.778. The van der Waals surface area contributed by atoms with Gasteiger partial charge in [-0.2, -0.15) is 0 Å². The molecule has 3 rings (SSSR count). The van der Waals surface area contributed by atoms with Gasteiger partial charge in [-0.3, -0.25) is 4.79 Å². The molecule has 19 nitrogen and oxygen atoms in total. The lowest BCUT2D eigenvalue weighted by Gasteiger charge is -2.48. The van der Waals surface area contributed by atoms with E-state index < -0.39 is 124 Å². The summed E-state index contributed by atoms with van der Waals surface area (Å²) in [5.74, 6) is -0.276. The smallest absolute Gasteiger partial charge is 0.220 e. The molecule has 0 spiro atoms. The van der Waals surface area contributed by atoms with Crippen LogP contribution in [0.1, 0.15) is 290 Å². The number of ether oxygens (including phenoxy) is 6. The number of amides is 1. The molecule has 0 aromatic rings. The molecule has 0 bridgehead atoms. The van der Waals surface area contributed by atoms with Crippen molar-refractivity contribution in [3.63, 3.8) is 0 Å². The van der Waals surface area contributed by atoms with E-state index in [2.05, 4.69) is 104 Å². The minimum atomic E-state index is -1.98. The van der Waals surface area contributed by atoms with E-state index >= 15 is 0 Å². The zero-order valence-corrected chi connectivity index (χ0v) is 63.1. The predicted molar refractivity (Wildman–Crippen MR) is 406 cm³/mol. The van der Waals surface area contributed by atoms with Gasteiger partial charge < -0.3 is 89.9 Å². The summed E-state index contributed by atoms with van der Waals surface area (Å²) in [6, 6.07) is -0.979. The van der Waals surface area contributed by atoms with Crippen molar-refractivity contribution in [3.8, 4) is 0 Å². The van der Waals surface area contributed by atoms with E-state index in [1.165, 1.54) is 167 Å². The van der Waals surface area contributed by atoms with Crippen molar-refractivity contribution in [1.82, 2.24) is 5.32 Å². The number of nitrogens with one attached hydrogen (secondary N) is 1. The first-order valence-electron chi connectivity index (χ1n) is 40.5. The molecule has 1 amide bonds. The van der Waals surface area contributed by atoms with Gasteiger partial charge in [-0.05, 0) is 77.0 Å². The minimum Gasteiger partial charge on any atom is -0.394 e. The second kappa shape index (κ2) is 62.7. The molecule has 17 atom stereocenters. The zero-order valence-electron chi connectivity index (χ0n) is 63.1. The summed E-state index contributed by atoms with van der Waals surface area (Å²) in [7, 11) is 0. The van der Waals surface area contributed by atoms with Gasteiger partial charge in [0, 0.05) is 6.42 Å². The number of aliphatic hydroxyl groups excluding tert-OH is 11. The highest BCUT2D eigenvalue weighted by atomic mass is 16.8. The lowest BCUT2D eigenvalue weighted by atomic mass is 9.96. The molecule has 0 saturated carbocycles. The molecule has 3 saturated heterocycles. The number of aliphatic hydroxyl groups is 11. The summed E-state index contributed by atoms with van der Waals surface area (Å²) < 4.78 is 34.4. The van der Waals surface area contributed by atoms with Crippen molar-refractivity contribution in [1.29, 1.82) is 0 Å². The zero-order chi connectivity index (χ0) is 73.9. The van der Waals surface area contributed by atoms with E-state index in [9.17, 15) is 61.0 Å². The van der Waals surface area contributed by atoms with Gasteiger partial charge in [0.1, 0.15) is 73.2 Å². The van der Waals surface area contributed by atoms with Crippen LogP contribution in [0, 0.1) is 0 Å². The Morgan fingerprint density at radius 3 is 1.06 bits per heavy atom. The third-order valence-electron chi connectivity index (χ3n) is 19.6. The van der Waals surface area contributed by atoms with Gasteiger partial charge >= 0.3 is 0 Å². The van der Waals surface area contributed by atoms with Crippen LogP contribution in [-0.2, 0) is 33.2 Å². The van der Waals surface area contributed by atoms with Gasteiger partial charge in [-0.15, -0.1) is 0 Å². The largest absolute Gasteiger partial charge is 0.394 e. The Hall–Kier alpha value is -3.29. The Kier molecular flexibility index (Phi) is 57.1. The first-order valence-corrected chi connectivity index (χ1v) is 40.5. The van der Waals surface area contributed by atoms with Crippen LogP contribution in [-0.4, -0.2) is 193 Å². The number of rotatable bonds is 63. The molecule has 590 valence electrons. The number of hydrogen-bond acceptors (Lipinski definition) is 18. The van der Waals surface area contributed by atoms with E-state index in [-0.39, 0.29) is 18.9 Å². The lowest BCUT2D eigenvalue weighted by molar-refractivity contribution is -0.379. The highest BCUT2D eigenvalue weighted by Gasteiger charge is 2.54. The number of allylic oxidation sites excluding steroid dienone is 15. The van der Waals surface area contributed by atoms with Gasteiger partial charge in [0.15, 0.2) is 18.9 Å². The van der Waals surface area contributed by atoms with Crippen LogP contribution in [0.15, 0.2) is 97.2 Å². The summed E-state index contributed by atoms with van der Waals surface area (Å²) in [6.07, 6.45) is 58.1. The van der Waals surface area contributed by atoms with Crippen LogP contribution in [0.4, 0.5) is 0 Å². The molecular weight excluding hydrogens is 1300 g/mol. The molecule has 3 heterocycles. The summed E-state index contributed by atoms with van der Waals surface area (Å²) >= 11 is 0. The third-order valence-corrected chi connectivity index (χ3v) is 19.6. The van der Waals surface area contributed by atoms with E-state index in [1.807, 2.05) is 6.08 Å². The minimum absolute atomic E-state index is 0.240. The molecule has 17 unspecified atom stereocenters. The second-order valence-electron chi connectivity index (χ2n) is 28.5. The summed E-state index contributed by atoms with van der Waals surface area (Å²) in [5, 5.41) is 121. The van der Waals surface area contributed by atoms with Crippen molar-refractivity contribution in [2.24, 2.45) is 0 Å². The van der Waals surface area contributed by atoms with Crippen molar-refractivity contribution >= 4 is 5.91 Å². The van der Waals surface area contributed by atoms with E-state index in [4.69, 9.17) is 28.4 Å². The molecule has 0 aromatic carbocycles. The molecule has 102 heavy (non-hydrogen) atoms. The monoisotopic (exact) mass is 1440 g/mol. The van der Waals surface area contributed by atoms with Crippen LogP contribution in [0.2, 0.25) is 0 Å². The van der Waals surface area contributed by atoms with Crippen LogP contribution in [0.25, 0.3) is 0 Å². The fraction of sp³-hybridized carbons (Fsp3) is 0.795. The molecule has 3 aliphatic rings. The number of carbonyl (C=O) groups excluding carboxylic acids is 1.